The van der Waals surface area contributed by atoms with Crippen molar-refractivity contribution in [1.29, 1.82) is 0 Å². The number of hydrogen-bond donors (Lipinski definition) is 1. The number of benzene rings is 2. The van der Waals surface area contributed by atoms with Crippen molar-refractivity contribution >= 4 is 34.2 Å². The van der Waals surface area contributed by atoms with Crippen LogP contribution in [0, 0.1) is 3.57 Å². The molecule has 2 rings (SSSR count). The van der Waals surface area contributed by atoms with Crippen molar-refractivity contribution < 1.29 is 0 Å². The van der Waals surface area contributed by atoms with E-state index in [0.29, 0.717) is 6.04 Å². The van der Waals surface area contributed by atoms with Gasteiger partial charge < -0.3 is 5.32 Å². The van der Waals surface area contributed by atoms with E-state index < -0.39 is 0 Å². The second-order valence-corrected chi connectivity index (χ2v) is 6.17. The summed E-state index contributed by atoms with van der Waals surface area (Å²) in [4.78, 5) is 0. The quantitative estimate of drug-likeness (QED) is 0.726. The summed E-state index contributed by atoms with van der Waals surface area (Å²) in [5.74, 6) is 0. The Morgan fingerprint density at radius 1 is 1.05 bits per heavy atom. The fourth-order valence-corrected chi connectivity index (χ4v) is 2.59. The average molecular weight is 386 g/mol. The molecular formula is C16H17ClIN. The molecule has 0 aliphatic heterocycles. The topological polar surface area (TPSA) is 12.0 Å². The third kappa shape index (κ3) is 4.48. The minimum Gasteiger partial charge on any atom is -0.310 e. The molecule has 0 aliphatic rings. The Morgan fingerprint density at radius 2 is 1.68 bits per heavy atom. The first-order valence-electron chi connectivity index (χ1n) is 6.42. The maximum absolute atomic E-state index is 5.95. The van der Waals surface area contributed by atoms with Gasteiger partial charge in [0.2, 0.25) is 0 Å². The standard InChI is InChI=1S/C16H17ClIN/c1-2-19-16(13-5-7-14(17)8-6-13)11-12-3-9-15(18)10-4-12/h3-10,16,19H,2,11H2,1H3. The van der Waals surface area contributed by atoms with Crippen LogP contribution in [0.25, 0.3) is 0 Å². The molecule has 2 aromatic rings. The van der Waals surface area contributed by atoms with Gasteiger partial charge in [-0.15, -0.1) is 0 Å². The lowest BCUT2D eigenvalue weighted by Crippen LogP contribution is -2.22. The van der Waals surface area contributed by atoms with Crippen LogP contribution in [-0.4, -0.2) is 6.54 Å². The smallest absolute Gasteiger partial charge is 0.0406 e. The van der Waals surface area contributed by atoms with E-state index in [0.717, 1.165) is 18.0 Å². The van der Waals surface area contributed by atoms with E-state index in [1.54, 1.807) is 0 Å². The van der Waals surface area contributed by atoms with Gasteiger partial charge in [0, 0.05) is 14.6 Å². The number of halogens is 2. The average Bonchev–Trinajstić information content (AvgIpc) is 2.42. The highest BCUT2D eigenvalue weighted by molar-refractivity contribution is 14.1. The van der Waals surface area contributed by atoms with Crippen LogP contribution in [0.3, 0.4) is 0 Å². The first-order valence-corrected chi connectivity index (χ1v) is 7.88. The Morgan fingerprint density at radius 3 is 2.26 bits per heavy atom. The second-order valence-electron chi connectivity index (χ2n) is 4.49. The highest BCUT2D eigenvalue weighted by Gasteiger charge is 2.10. The fraction of sp³-hybridized carbons (Fsp3) is 0.250. The second kappa shape index (κ2) is 7.27. The monoisotopic (exact) mass is 385 g/mol. The number of likely N-dealkylation sites (N-methyl/N-ethyl adjacent to an activating group) is 1. The summed E-state index contributed by atoms with van der Waals surface area (Å²) in [5, 5.41) is 4.32. The number of hydrogen-bond acceptors (Lipinski definition) is 1. The van der Waals surface area contributed by atoms with E-state index >= 15 is 0 Å². The van der Waals surface area contributed by atoms with Crippen molar-refractivity contribution in [3.05, 3.63) is 68.3 Å². The Bertz CT molecular complexity index is 507. The SMILES string of the molecule is CCNC(Cc1ccc(I)cc1)c1ccc(Cl)cc1. The zero-order valence-corrected chi connectivity index (χ0v) is 13.8. The van der Waals surface area contributed by atoms with E-state index in [2.05, 4.69) is 71.2 Å². The van der Waals surface area contributed by atoms with Crippen LogP contribution in [0.2, 0.25) is 5.02 Å². The van der Waals surface area contributed by atoms with Crippen LogP contribution < -0.4 is 5.32 Å². The fourth-order valence-electron chi connectivity index (χ4n) is 2.11. The predicted molar refractivity (Wildman–Crippen MR) is 90.7 cm³/mol. The lowest BCUT2D eigenvalue weighted by molar-refractivity contribution is 0.550. The minimum absolute atomic E-state index is 0.335. The predicted octanol–water partition coefficient (Wildman–Crippen LogP) is 4.84. The molecule has 0 aromatic heterocycles. The molecule has 0 radical (unpaired) electrons. The first-order chi connectivity index (χ1) is 9.19. The minimum atomic E-state index is 0.335. The van der Waals surface area contributed by atoms with Crippen LogP contribution in [0.1, 0.15) is 24.1 Å². The molecule has 100 valence electrons. The Kier molecular flexibility index (Phi) is 5.67. The number of nitrogens with one attached hydrogen (secondary N) is 1. The first kappa shape index (κ1) is 14.8. The molecule has 2 aromatic carbocycles. The summed E-state index contributed by atoms with van der Waals surface area (Å²) >= 11 is 8.28. The molecule has 3 heteroatoms. The molecule has 0 aliphatic carbocycles. The molecule has 1 unspecified atom stereocenters. The summed E-state index contributed by atoms with van der Waals surface area (Å²) in [6.45, 7) is 3.09. The van der Waals surface area contributed by atoms with E-state index in [9.17, 15) is 0 Å². The maximum Gasteiger partial charge on any atom is 0.0406 e. The van der Waals surface area contributed by atoms with Crippen molar-refractivity contribution in [1.82, 2.24) is 5.32 Å². The summed E-state index contributed by atoms with van der Waals surface area (Å²) in [7, 11) is 0. The summed E-state index contributed by atoms with van der Waals surface area (Å²) in [6, 6.07) is 17.1. The van der Waals surface area contributed by atoms with Crippen molar-refractivity contribution in [2.75, 3.05) is 6.54 Å². The van der Waals surface area contributed by atoms with E-state index in [1.807, 2.05) is 12.1 Å². The van der Waals surface area contributed by atoms with Gasteiger partial charge in [0.1, 0.15) is 0 Å². The van der Waals surface area contributed by atoms with Crippen LogP contribution in [0.4, 0.5) is 0 Å². The molecule has 1 N–H and O–H groups in total. The molecule has 0 saturated heterocycles. The van der Waals surface area contributed by atoms with Gasteiger partial charge >= 0.3 is 0 Å². The van der Waals surface area contributed by atoms with Crippen molar-refractivity contribution in [3.63, 3.8) is 0 Å². The van der Waals surface area contributed by atoms with Gasteiger partial charge in [-0.2, -0.15) is 0 Å². The van der Waals surface area contributed by atoms with Gasteiger partial charge in [0.05, 0.1) is 0 Å². The highest BCUT2D eigenvalue weighted by Crippen LogP contribution is 2.21. The number of rotatable bonds is 5. The maximum atomic E-state index is 5.95. The summed E-state index contributed by atoms with van der Waals surface area (Å²) in [5.41, 5.74) is 2.63. The van der Waals surface area contributed by atoms with E-state index in [1.165, 1.54) is 14.7 Å². The van der Waals surface area contributed by atoms with Gasteiger partial charge in [-0.1, -0.05) is 42.8 Å². The molecule has 0 heterocycles. The van der Waals surface area contributed by atoms with E-state index in [4.69, 9.17) is 11.6 Å². The van der Waals surface area contributed by atoms with Crippen molar-refractivity contribution in [2.45, 2.75) is 19.4 Å². The molecule has 1 atom stereocenters. The normalized spacial score (nSPS) is 12.4. The zero-order valence-electron chi connectivity index (χ0n) is 10.9. The van der Waals surface area contributed by atoms with Crippen molar-refractivity contribution in [3.8, 4) is 0 Å². The molecule has 19 heavy (non-hydrogen) atoms. The Labute approximate surface area is 133 Å². The van der Waals surface area contributed by atoms with E-state index in [-0.39, 0.29) is 0 Å². The largest absolute Gasteiger partial charge is 0.310 e. The highest BCUT2D eigenvalue weighted by atomic mass is 127. The molecule has 0 bridgehead atoms. The third-order valence-electron chi connectivity index (χ3n) is 3.08. The Balaban J connectivity index is 2.15. The van der Waals surface area contributed by atoms with Gasteiger partial charge in [-0.25, -0.2) is 0 Å². The molecule has 0 amide bonds. The van der Waals surface area contributed by atoms with Gasteiger partial charge in [-0.05, 0) is 70.9 Å². The summed E-state index contributed by atoms with van der Waals surface area (Å²) < 4.78 is 1.27. The summed E-state index contributed by atoms with van der Waals surface area (Å²) in [6.07, 6.45) is 0.992. The lowest BCUT2D eigenvalue weighted by atomic mass is 9.99. The Hall–Kier alpha value is -0.580. The lowest BCUT2D eigenvalue weighted by Gasteiger charge is -2.18. The van der Waals surface area contributed by atoms with Crippen LogP contribution in [-0.2, 0) is 6.42 Å². The molecule has 0 spiro atoms. The molecule has 0 saturated carbocycles. The molecule has 1 nitrogen and oxygen atoms in total. The molecular weight excluding hydrogens is 369 g/mol. The van der Waals surface area contributed by atoms with Gasteiger partial charge in [0.15, 0.2) is 0 Å². The van der Waals surface area contributed by atoms with Gasteiger partial charge in [-0.3, -0.25) is 0 Å². The van der Waals surface area contributed by atoms with Crippen LogP contribution in [0.15, 0.2) is 48.5 Å². The van der Waals surface area contributed by atoms with Crippen LogP contribution >= 0.6 is 34.2 Å². The van der Waals surface area contributed by atoms with Crippen molar-refractivity contribution in [2.24, 2.45) is 0 Å². The zero-order chi connectivity index (χ0) is 13.7. The van der Waals surface area contributed by atoms with Gasteiger partial charge in [0.25, 0.3) is 0 Å². The van der Waals surface area contributed by atoms with Crippen LogP contribution in [0.5, 0.6) is 0 Å². The third-order valence-corrected chi connectivity index (χ3v) is 4.05. The molecule has 0 fully saturated rings.